The third-order valence-corrected chi connectivity index (χ3v) is 3.93. The summed E-state index contributed by atoms with van der Waals surface area (Å²) >= 11 is 3.57. The molecular weight excluding hydrogens is 352 g/mol. The summed E-state index contributed by atoms with van der Waals surface area (Å²) < 4.78 is 1.01. The van der Waals surface area contributed by atoms with Crippen LogP contribution in [-0.4, -0.2) is 9.97 Å². The average Bonchev–Trinajstić information content (AvgIpc) is 2.50. The summed E-state index contributed by atoms with van der Waals surface area (Å²) in [7, 11) is 0. The van der Waals surface area contributed by atoms with Crippen LogP contribution in [0.3, 0.4) is 0 Å². The van der Waals surface area contributed by atoms with Gasteiger partial charge in [-0.25, -0.2) is 4.98 Å². The molecule has 2 aromatic carbocycles. The van der Waals surface area contributed by atoms with Crippen molar-refractivity contribution in [3.63, 3.8) is 0 Å². The van der Waals surface area contributed by atoms with E-state index in [9.17, 15) is 0 Å². The van der Waals surface area contributed by atoms with Gasteiger partial charge >= 0.3 is 0 Å². The van der Waals surface area contributed by atoms with E-state index in [0.29, 0.717) is 5.95 Å². The maximum Gasteiger partial charge on any atom is 0.229 e. The van der Waals surface area contributed by atoms with E-state index in [1.807, 2.05) is 49.4 Å². The van der Waals surface area contributed by atoms with Crippen molar-refractivity contribution in [1.82, 2.24) is 9.97 Å². The summed E-state index contributed by atoms with van der Waals surface area (Å²) in [5, 5.41) is 6.55. The highest BCUT2D eigenvalue weighted by Gasteiger charge is 2.05. The van der Waals surface area contributed by atoms with Gasteiger partial charge in [-0.15, -0.1) is 0 Å². The number of hydrogen-bond donors (Lipinski definition) is 2. The molecule has 2 N–H and O–H groups in total. The first-order chi connectivity index (χ1) is 11.1. The second-order valence-corrected chi connectivity index (χ2v) is 6.17. The molecule has 0 unspecified atom stereocenters. The second-order valence-electron chi connectivity index (χ2n) is 5.32. The topological polar surface area (TPSA) is 49.8 Å². The fourth-order valence-electron chi connectivity index (χ4n) is 2.20. The van der Waals surface area contributed by atoms with Crippen LogP contribution < -0.4 is 10.6 Å². The van der Waals surface area contributed by atoms with Crippen LogP contribution in [0, 0.1) is 13.8 Å². The quantitative estimate of drug-likeness (QED) is 0.652. The van der Waals surface area contributed by atoms with Crippen LogP contribution in [0.4, 0.5) is 23.1 Å². The third-order valence-electron chi connectivity index (χ3n) is 3.27. The number of nitrogens with one attached hydrogen (secondary N) is 2. The summed E-state index contributed by atoms with van der Waals surface area (Å²) in [6.07, 6.45) is 0. The molecule has 0 aliphatic carbocycles. The number of hydrogen-bond acceptors (Lipinski definition) is 4. The predicted octanol–water partition coefficient (Wildman–Crippen LogP) is 5.34. The highest BCUT2D eigenvalue weighted by molar-refractivity contribution is 9.10. The van der Waals surface area contributed by atoms with Gasteiger partial charge in [-0.05, 0) is 59.6 Å². The molecule has 1 heterocycles. The van der Waals surface area contributed by atoms with E-state index in [1.165, 1.54) is 5.56 Å². The van der Waals surface area contributed by atoms with E-state index in [0.717, 1.165) is 27.4 Å². The lowest BCUT2D eigenvalue weighted by atomic mass is 10.2. The van der Waals surface area contributed by atoms with Gasteiger partial charge in [-0.1, -0.05) is 24.3 Å². The van der Waals surface area contributed by atoms with Crippen molar-refractivity contribution >= 4 is 39.1 Å². The Hall–Kier alpha value is -2.40. The average molecular weight is 369 g/mol. The molecule has 0 atom stereocenters. The van der Waals surface area contributed by atoms with Gasteiger partial charge in [0.1, 0.15) is 5.82 Å². The molecule has 0 radical (unpaired) electrons. The van der Waals surface area contributed by atoms with Crippen LogP contribution in [0.2, 0.25) is 0 Å². The van der Waals surface area contributed by atoms with Crippen molar-refractivity contribution < 1.29 is 0 Å². The molecule has 0 aliphatic heterocycles. The number of halogens is 1. The standard InChI is InChI=1S/C18H17BrN4/c1-12-8-9-16(15(19)10-12)22-17-11-13(2)20-18(23-17)21-14-6-4-3-5-7-14/h3-11H,1-2H3,(H2,20,21,22,23). The molecule has 0 spiro atoms. The molecular formula is C18H17BrN4. The van der Waals surface area contributed by atoms with Crippen molar-refractivity contribution in [3.8, 4) is 0 Å². The Balaban J connectivity index is 1.85. The number of aryl methyl sites for hydroxylation is 2. The van der Waals surface area contributed by atoms with Crippen molar-refractivity contribution in [2.75, 3.05) is 10.6 Å². The second kappa shape index (κ2) is 6.79. The number of anilines is 4. The number of nitrogens with zero attached hydrogens (tertiary/aromatic N) is 2. The molecule has 1 aromatic heterocycles. The van der Waals surface area contributed by atoms with Crippen LogP contribution in [0.1, 0.15) is 11.3 Å². The summed E-state index contributed by atoms with van der Waals surface area (Å²) in [6, 6.07) is 18.0. The molecule has 0 amide bonds. The SMILES string of the molecule is Cc1ccc(Nc2cc(C)nc(Nc3ccccc3)n2)c(Br)c1. The van der Waals surface area contributed by atoms with E-state index < -0.39 is 0 Å². The molecule has 0 bridgehead atoms. The Kier molecular flexibility index (Phi) is 4.57. The summed E-state index contributed by atoms with van der Waals surface area (Å²) in [5.74, 6) is 1.32. The first-order valence-electron chi connectivity index (χ1n) is 7.31. The van der Waals surface area contributed by atoms with E-state index in [2.05, 4.69) is 55.6 Å². The summed E-state index contributed by atoms with van der Waals surface area (Å²) in [4.78, 5) is 8.97. The smallest absolute Gasteiger partial charge is 0.229 e. The van der Waals surface area contributed by atoms with E-state index in [-0.39, 0.29) is 0 Å². The molecule has 23 heavy (non-hydrogen) atoms. The van der Waals surface area contributed by atoms with Crippen LogP contribution in [0.25, 0.3) is 0 Å². The molecule has 116 valence electrons. The van der Waals surface area contributed by atoms with Gasteiger partial charge in [0.05, 0.1) is 5.69 Å². The van der Waals surface area contributed by atoms with Crippen molar-refractivity contribution in [3.05, 3.63) is 70.3 Å². The maximum atomic E-state index is 4.53. The zero-order valence-corrected chi connectivity index (χ0v) is 14.6. The molecule has 3 rings (SSSR count). The maximum absolute atomic E-state index is 4.53. The van der Waals surface area contributed by atoms with Gasteiger partial charge in [0.15, 0.2) is 0 Å². The number of rotatable bonds is 4. The highest BCUT2D eigenvalue weighted by atomic mass is 79.9. The van der Waals surface area contributed by atoms with Crippen molar-refractivity contribution in [1.29, 1.82) is 0 Å². The number of para-hydroxylation sites is 1. The van der Waals surface area contributed by atoms with Crippen LogP contribution in [-0.2, 0) is 0 Å². The summed E-state index contributed by atoms with van der Waals surface area (Å²) in [6.45, 7) is 4.01. The minimum absolute atomic E-state index is 0.571. The van der Waals surface area contributed by atoms with Gasteiger partial charge in [0.25, 0.3) is 0 Å². The van der Waals surface area contributed by atoms with Crippen molar-refractivity contribution in [2.24, 2.45) is 0 Å². The van der Waals surface area contributed by atoms with Crippen molar-refractivity contribution in [2.45, 2.75) is 13.8 Å². The van der Waals surface area contributed by atoms with Gasteiger partial charge < -0.3 is 10.6 Å². The van der Waals surface area contributed by atoms with Crippen LogP contribution in [0.15, 0.2) is 59.1 Å². The molecule has 4 nitrogen and oxygen atoms in total. The van der Waals surface area contributed by atoms with Gasteiger partial charge in [0, 0.05) is 21.9 Å². The Labute approximate surface area is 144 Å². The van der Waals surface area contributed by atoms with Crippen LogP contribution >= 0.6 is 15.9 Å². The number of benzene rings is 2. The summed E-state index contributed by atoms with van der Waals surface area (Å²) in [5.41, 5.74) is 4.02. The molecule has 5 heteroatoms. The molecule has 0 saturated carbocycles. The first kappa shape index (κ1) is 15.5. The number of aromatic nitrogens is 2. The van der Waals surface area contributed by atoms with E-state index >= 15 is 0 Å². The zero-order valence-electron chi connectivity index (χ0n) is 13.0. The normalized spacial score (nSPS) is 10.4. The molecule has 3 aromatic rings. The lowest BCUT2D eigenvalue weighted by Crippen LogP contribution is -2.02. The first-order valence-corrected chi connectivity index (χ1v) is 8.10. The minimum Gasteiger partial charge on any atom is -0.339 e. The lowest BCUT2D eigenvalue weighted by Gasteiger charge is -2.11. The van der Waals surface area contributed by atoms with Gasteiger partial charge in [0.2, 0.25) is 5.95 Å². The molecule has 0 aliphatic rings. The van der Waals surface area contributed by atoms with Gasteiger partial charge in [-0.2, -0.15) is 4.98 Å². The molecule has 0 saturated heterocycles. The fourth-order valence-corrected chi connectivity index (χ4v) is 2.79. The molecule has 0 fully saturated rings. The zero-order chi connectivity index (χ0) is 16.2. The Bertz CT molecular complexity index is 819. The fraction of sp³-hybridized carbons (Fsp3) is 0.111. The Morgan fingerprint density at radius 3 is 2.39 bits per heavy atom. The predicted molar refractivity (Wildman–Crippen MR) is 98.7 cm³/mol. The Morgan fingerprint density at radius 2 is 1.65 bits per heavy atom. The monoisotopic (exact) mass is 368 g/mol. The Morgan fingerprint density at radius 1 is 0.870 bits per heavy atom. The van der Waals surface area contributed by atoms with Crippen LogP contribution in [0.5, 0.6) is 0 Å². The third kappa shape index (κ3) is 4.07. The van der Waals surface area contributed by atoms with Gasteiger partial charge in [-0.3, -0.25) is 0 Å². The van der Waals surface area contributed by atoms with E-state index in [1.54, 1.807) is 0 Å². The minimum atomic E-state index is 0.571. The lowest BCUT2D eigenvalue weighted by molar-refractivity contribution is 1.11. The highest BCUT2D eigenvalue weighted by Crippen LogP contribution is 2.27. The van der Waals surface area contributed by atoms with E-state index in [4.69, 9.17) is 0 Å². The largest absolute Gasteiger partial charge is 0.339 e.